The summed E-state index contributed by atoms with van der Waals surface area (Å²) in [7, 11) is 0. The minimum atomic E-state index is -4.37. The van der Waals surface area contributed by atoms with Crippen molar-refractivity contribution in [1.82, 2.24) is 15.2 Å². The fourth-order valence-corrected chi connectivity index (χ4v) is 1.64. The summed E-state index contributed by atoms with van der Waals surface area (Å²) >= 11 is 0. The van der Waals surface area contributed by atoms with Crippen molar-refractivity contribution in [1.29, 1.82) is 0 Å². The van der Waals surface area contributed by atoms with Gasteiger partial charge in [-0.2, -0.15) is 18.3 Å². The largest absolute Gasteiger partial charge is 0.416 e. The maximum Gasteiger partial charge on any atom is 0.416 e. The Morgan fingerprint density at radius 3 is 2.56 bits per heavy atom. The first-order valence-electron chi connectivity index (χ1n) is 5.26. The summed E-state index contributed by atoms with van der Waals surface area (Å²) in [4.78, 5) is 3.99. The predicted octanol–water partition coefficient (Wildman–Crippen LogP) is 1.87. The Bertz CT molecular complexity index is 533. The number of aromatic amines is 1. The molecule has 0 bridgehead atoms. The number of aromatic nitrogens is 3. The second kappa shape index (κ2) is 4.77. The first kappa shape index (κ1) is 12.6. The highest BCUT2D eigenvalue weighted by molar-refractivity contribution is 5.31. The number of rotatable bonds is 3. The quantitative estimate of drug-likeness (QED) is 0.881. The van der Waals surface area contributed by atoms with Crippen LogP contribution in [0.15, 0.2) is 24.3 Å². The van der Waals surface area contributed by atoms with Gasteiger partial charge in [-0.3, -0.25) is 5.10 Å². The van der Waals surface area contributed by atoms with Crippen molar-refractivity contribution >= 4 is 0 Å². The first-order valence-corrected chi connectivity index (χ1v) is 5.26. The SMILES string of the molecule is NCc1n[nH]c(Cc2ccccc2C(F)(F)F)n1. The number of H-pyrrole nitrogens is 1. The molecule has 18 heavy (non-hydrogen) atoms. The highest BCUT2D eigenvalue weighted by Crippen LogP contribution is 2.32. The molecule has 7 heteroatoms. The standard InChI is InChI=1S/C11H11F3N4/c12-11(13,14)8-4-2-1-3-7(8)5-9-16-10(6-15)18-17-9/h1-4H,5-6,15H2,(H,16,17,18). The van der Waals surface area contributed by atoms with Crippen LogP contribution >= 0.6 is 0 Å². The van der Waals surface area contributed by atoms with Crippen LogP contribution in [-0.4, -0.2) is 15.2 Å². The fraction of sp³-hybridized carbons (Fsp3) is 0.273. The van der Waals surface area contributed by atoms with Crippen molar-refractivity contribution in [3.05, 3.63) is 47.0 Å². The lowest BCUT2D eigenvalue weighted by atomic mass is 10.0. The van der Waals surface area contributed by atoms with Gasteiger partial charge in [-0.1, -0.05) is 18.2 Å². The van der Waals surface area contributed by atoms with Crippen molar-refractivity contribution in [2.75, 3.05) is 0 Å². The molecule has 0 aliphatic carbocycles. The molecular weight excluding hydrogens is 245 g/mol. The highest BCUT2D eigenvalue weighted by Gasteiger charge is 2.32. The Morgan fingerprint density at radius 1 is 1.22 bits per heavy atom. The molecule has 96 valence electrons. The Morgan fingerprint density at radius 2 is 1.94 bits per heavy atom. The smallest absolute Gasteiger partial charge is 0.324 e. The molecule has 0 radical (unpaired) electrons. The molecule has 3 N–H and O–H groups in total. The molecule has 0 aliphatic rings. The normalized spacial score (nSPS) is 11.8. The topological polar surface area (TPSA) is 67.6 Å². The molecule has 0 amide bonds. The van der Waals surface area contributed by atoms with Gasteiger partial charge in [0.05, 0.1) is 12.1 Å². The predicted molar refractivity (Wildman–Crippen MR) is 58.5 cm³/mol. The first-order chi connectivity index (χ1) is 8.50. The Labute approximate surface area is 101 Å². The third kappa shape index (κ3) is 2.67. The van der Waals surface area contributed by atoms with Crippen LogP contribution in [-0.2, 0) is 19.1 Å². The van der Waals surface area contributed by atoms with E-state index in [-0.39, 0.29) is 18.5 Å². The van der Waals surface area contributed by atoms with E-state index < -0.39 is 11.7 Å². The van der Waals surface area contributed by atoms with Crippen LogP contribution in [0.1, 0.15) is 22.8 Å². The molecule has 2 aromatic rings. The van der Waals surface area contributed by atoms with Gasteiger partial charge in [0.25, 0.3) is 0 Å². The van der Waals surface area contributed by atoms with Crippen LogP contribution in [0.4, 0.5) is 13.2 Å². The van der Waals surface area contributed by atoms with Gasteiger partial charge < -0.3 is 5.73 Å². The van der Waals surface area contributed by atoms with Crippen molar-refractivity contribution < 1.29 is 13.2 Å². The minimum absolute atomic E-state index is 0.0443. The lowest BCUT2D eigenvalue weighted by molar-refractivity contribution is -0.138. The average Bonchev–Trinajstić information content (AvgIpc) is 2.76. The highest BCUT2D eigenvalue weighted by atomic mass is 19.4. The number of halogens is 3. The van der Waals surface area contributed by atoms with E-state index in [2.05, 4.69) is 15.2 Å². The van der Waals surface area contributed by atoms with Gasteiger partial charge in [0.2, 0.25) is 0 Å². The summed E-state index contributed by atoms with van der Waals surface area (Å²) in [6.07, 6.45) is -4.32. The molecular formula is C11H11F3N4. The van der Waals surface area contributed by atoms with E-state index in [0.29, 0.717) is 11.6 Å². The summed E-state index contributed by atoms with van der Waals surface area (Å²) < 4.78 is 38.3. The molecule has 1 aromatic heterocycles. The number of alkyl halides is 3. The van der Waals surface area contributed by atoms with Crippen molar-refractivity contribution in [2.45, 2.75) is 19.1 Å². The van der Waals surface area contributed by atoms with Gasteiger partial charge in [0.1, 0.15) is 5.82 Å². The van der Waals surface area contributed by atoms with E-state index in [4.69, 9.17) is 5.73 Å². The summed E-state index contributed by atoms with van der Waals surface area (Å²) in [6.45, 7) is 0.150. The second-order valence-electron chi connectivity index (χ2n) is 3.73. The molecule has 2 rings (SSSR count). The number of nitrogens with one attached hydrogen (secondary N) is 1. The lowest BCUT2D eigenvalue weighted by Crippen LogP contribution is -2.09. The Kier molecular flexibility index (Phi) is 3.33. The molecule has 0 unspecified atom stereocenters. The van der Waals surface area contributed by atoms with Crippen molar-refractivity contribution in [3.8, 4) is 0 Å². The third-order valence-corrected chi connectivity index (χ3v) is 2.44. The van der Waals surface area contributed by atoms with Crippen molar-refractivity contribution in [2.24, 2.45) is 5.73 Å². The minimum Gasteiger partial charge on any atom is -0.324 e. The number of nitrogens with zero attached hydrogens (tertiary/aromatic N) is 2. The summed E-state index contributed by atoms with van der Waals surface area (Å²) in [5.74, 6) is 0.752. The van der Waals surface area contributed by atoms with E-state index in [1.807, 2.05) is 0 Å². The van der Waals surface area contributed by atoms with E-state index in [9.17, 15) is 13.2 Å². The van der Waals surface area contributed by atoms with Crippen LogP contribution in [0.2, 0.25) is 0 Å². The summed E-state index contributed by atoms with van der Waals surface area (Å²) in [6, 6.07) is 5.39. The van der Waals surface area contributed by atoms with E-state index in [1.165, 1.54) is 12.1 Å². The van der Waals surface area contributed by atoms with Gasteiger partial charge in [0.15, 0.2) is 5.82 Å². The van der Waals surface area contributed by atoms with Gasteiger partial charge in [-0.15, -0.1) is 0 Å². The van der Waals surface area contributed by atoms with Crippen LogP contribution < -0.4 is 5.73 Å². The number of hydrogen-bond acceptors (Lipinski definition) is 3. The molecule has 0 saturated carbocycles. The summed E-state index contributed by atoms with van der Waals surface area (Å²) in [5, 5.41) is 6.36. The zero-order valence-corrected chi connectivity index (χ0v) is 9.33. The molecule has 0 saturated heterocycles. The van der Waals surface area contributed by atoms with Crippen LogP contribution in [0.3, 0.4) is 0 Å². The monoisotopic (exact) mass is 256 g/mol. The second-order valence-corrected chi connectivity index (χ2v) is 3.73. The maximum atomic E-state index is 12.8. The van der Waals surface area contributed by atoms with Gasteiger partial charge in [0, 0.05) is 6.42 Å². The van der Waals surface area contributed by atoms with Gasteiger partial charge >= 0.3 is 6.18 Å². The summed E-state index contributed by atoms with van der Waals surface area (Å²) in [5.41, 5.74) is 4.83. The molecule has 0 atom stereocenters. The zero-order chi connectivity index (χ0) is 13.2. The molecule has 0 spiro atoms. The number of benzene rings is 1. The number of nitrogens with two attached hydrogens (primary N) is 1. The fourth-order valence-electron chi connectivity index (χ4n) is 1.64. The van der Waals surface area contributed by atoms with Gasteiger partial charge in [-0.05, 0) is 11.6 Å². The maximum absolute atomic E-state index is 12.8. The Balaban J connectivity index is 2.29. The van der Waals surface area contributed by atoms with Crippen LogP contribution in [0.5, 0.6) is 0 Å². The number of hydrogen-bond donors (Lipinski definition) is 2. The van der Waals surface area contributed by atoms with E-state index in [1.54, 1.807) is 6.07 Å². The molecule has 0 aliphatic heterocycles. The Hall–Kier alpha value is -1.89. The zero-order valence-electron chi connectivity index (χ0n) is 9.33. The molecule has 4 nitrogen and oxygen atoms in total. The third-order valence-electron chi connectivity index (χ3n) is 2.44. The van der Waals surface area contributed by atoms with Crippen LogP contribution in [0.25, 0.3) is 0 Å². The van der Waals surface area contributed by atoms with Crippen molar-refractivity contribution in [3.63, 3.8) is 0 Å². The molecule has 0 fully saturated rings. The van der Waals surface area contributed by atoms with E-state index in [0.717, 1.165) is 6.07 Å². The van der Waals surface area contributed by atoms with Gasteiger partial charge in [-0.25, -0.2) is 4.98 Å². The van der Waals surface area contributed by atoms with E-state index >= 15 is 0 Å². The average molecular weight is 256 g/mol. The molecule has 1 heterocycles. The lowest BCUT2D eigenvalue weighted by Gasteiger charge is -2.11. The molecule has 1 aromatic carbocycles. The van der Waals surface area contributed by atoms with Crippen LogP contribution in [0, 0.1) is 0 Å².